The van der Waals surface area contributed by atoms with Crippen LogP contribution in [-0.2, 0) is 21.2 Å². The Kier molecular flexibility index (Phi) is 6.19. The van der Waals surface area contributed by atoms with Gasteiger partial charge in [-0.1, -0.05) is 53.6 Å². The summed E-state index contributed by atoms with van der Waals surface area (Å²) in [5, 5.41) is 11.2. The summed E-state index contributed by atoms with van der Waals surface area (Å²) < 4.78 is 32.4. The van der Waals surface area contributed by atoms with Gasteiger partial charge in [0.1, 0.15) is 10.7 Å². The van der Waals surface area contributed by atoms with Crippen LogP contribution in [0.1, 0.15) is 22.7 Å². The first-order valence-electron chi connectivity index (χ1n) is 10.2. The monoisotopic (exact) mass is 483 g/mol. The highest BCUT2D eigenvalue weighted by atomic mass is 35.5. The van der Waals surface area contributed by atoms with Crippen molar-refractivity contribution in [1.82, 2.24) is 4.90 Å². The zero-order valence-corrected chi connectivity index (χ0v) is 19.6. The lowest BCUT2D eigenvalue weighted by molar-refractivity contribution is -0.130. The molecule has 3 aromatic carbocycles. The van der Waals surface area contributed by atoms with E-state index in [2.05, 4.69) is 0 Å². The van der Waals surface area contributed by atoms with Crippen molar-refractivity contribution in [1.29, 1.82) is 0 Å². The molecule has 0 saturated carbocycles. The second-order valence-corrected chi connectivity index (χ2v) is 10.1. The summed E-state index contributed by atoms with van der Waals surface area (Å²) in [7, 11) is -2.68. The van der Waals surface area contributed by atoms with Crippen molar-refractivity contribution in [3.63, 3.8) is 0 Å². The van der Waals surface area contributed by atoms with E-state index in [1.807, 2.05) is 31.2 Å². The first-order valence-corrected chi connectivity index (χ1v) is 12.0. The van der Waals surface area contributed by atoms with Crippen molar-refractivity contribution < 1.29 is 23.1 Å². The fourth-order valence-corrected chi connectivity index (χ4v) is 5.59. The van der Waals surface area contributed by atoms with Crippen LogP contribution < -0.4 is 4.74 Å². The molecule has 1 atom stereocenters. The third kappa shape index (κ3) is 4.34. The normalized spacial score (nSPS) is 16.4. The minimum Gasteiger partial charge on any atom is -0.502 e. The number of aliphatic hydroxyl groups excluding tert-OH is 1. The van der Waals surface area contributed by atoms with E-state index in [1.54, 1.807) is 24.3 Å². The molecule has 1 aliphatic heterocycles. The Bertz CT molecular complexity index is 1310. The fraction of sp³-hybridized carbons (Fsp3) is 0.160. The number of halogens is 1. The Labute approximate surface area is 197 Å². The van der Waals surface area contributed by atoms with Gasteiger partial charge in [-0.15, -0.1) is 0 Å². The molecule has 33 heavy (non-hydrogen) atoms. The van der Waals surface area contributed by atoms with Gasteiger partial charge in [-0.3, -0.25) is 4.79 Å². The first-order chi connectivity index (χ1) is 15.7. The van der Waals surface area contributed by atoms with E-state index in [0.717, 1.165) is 11.1 Å². The number of ether oxygens (including phenoxy) is 1. The minimum atomic E-state index is -4.21. The number of rotatable bonds is 6. The molecule has 0 aliphatic carbocycles. The van der Waals surface area contributed by atoms with E-state index in [-0.39, 0.29) is 16.3 Å². The van der Waals surface area contributed by atoms with Crippen LogP contribution in [0.15, 0.2) is 88.4 Å². The van der Waals surface area contributed by atoms with E-state index in [4.69, 9.17) is 16.3 Å². The molecule has 0 unspecified atom stereocenters. The second-order valence-electron chi connectivity index (χ2n) is 7.76. The van der Waals surface area contributed by atoms with Crippen molar-refractivity contribution >= 4 is 27.3 Å². The standard InChI is InChI=1S/C25H22ClNO5S/c1-16-3-5-17(6-4-16)15-27-22(18-7-11-20(32-2)12-8-18)24(23(28)25(27)29)33(30,31)21-13-9-19(26)10-14-21/h3-14,22,28H,15H2,1-2H3/t22-/m1/s1. The zero-order chi connectivity index (χ0) is 23.8. The van der Waals surface area contributed by atoms with Crippen molar-refractivity contribution in [2.75, 3.05) is 7.11 Å². The minimum absolute atomic E-state index is 0.0584. The average Bonchev–Trinajstić information content (AvgIpc) is 3.06. The van der Waals surface area contributed by atoms with Crippen molar-refractivity contribution in [2.24, 2.45) is 0 Å². The predicted molar refractivity (Wildman–Crippen MR) is 126 cm³/mol. The number of methoxy groups -OCH3 is 1. The molecular weight excluding hydrogens is 462 g/mol. The van der Waals surface area contributed by atoms with Gasteiger partial charge in [0.25, 0.3) is 5.91 Å². The molecule has 0 fully saturated rings. The van der Waals surface area contributed by atoms with Crippen LogP contribution in [0.3, 0.4) is 0 Å². The number of aliphatic hydroxyl groups is 1. The topological polar surface area (TPSA) is 83.9 Å². The third-order valence-corrected chi connectivity index (χ3v) is 7.72. The molecule has 1 aliphatic rings. The highest BCUT2D eigenvalue weighted by Gasteiger charge is 2.46. The molecule has 1 heterocycles. The number of hydrogen-bond acceptors (Lipinski definition) is 5. The highest BCUT2D eigenvalue weighted by molar-refractivity contribution is 7.95. The molecule has 1 amide bonds. The summed E-state index contributed by atoms with van der Waals surface area (Å²) in [6, 6.07) is 18.9. The Balaban J connectivity index is 1.84. The van der Waals surface area contributed by atoms with E-state index in [9.17, 15) is 18.3 Å². The Morgan fingerprint density at radius 2 is 1.58 bits per heavy atom. The van der Waals surface area contributed by atoms with E-state index in [1.165, 1.54) is 36.3 Å². The van der Waals surface area contributed by atoms with Gasteiger partial charge >= 0.3 is 0 Å². The van der Waals surface area contributed by atoms with E-state index in [0.29, 0.717) is 16.3 Å². The number of aryl methyl sites for hydroxylation is 1. The average molecular weight is 484 g/mol. The predicted octanol–water partition coefficient (Wildman–Crippen LogP) is 4.98. The molecular formula is C25H22ClNO5S. The number of hydrogen-bond donors (Lipinski definition) is 1. The molecule has 0 spiro atoms. The Morgan fingerprint density at radius 1 is 0.970 bits per heavy atom. The molecule has 170 valence electrons. The number of sulfone groups is 1. The SMILES string of the molecule is COc1ccc([C@@H]2C(S(=O)(=O)c3ccc(Cl)cc3)=C(O)C(=O)N2Cc2ccc(C)cc2)cc1. The van der Waals surface area contributed by atoms with Crippen LogP contribution in [0.2, 0.25) is 5.02 Å². The van der Waals surface area contributed by atoms with Crippen LogP contribution in [-0.4, -0.2) is 31.4 Å². The highest BCUT2D eigenvalue weighted by Crippen LogP contribution is 2.43. The summed E-state index contributed by atoms with van der Waals surface area (Å²) in [6.07, 6.45) is 0. The number of amides is 1. The Hall–Kier alpha value is -3.29. The van der Waals surface area contributed by atoms with Crippen LogP contribution in [0.4, 0.5) is 0 Å². The quantitative estimate of drug-likeness (QED) is 0.534. The maximum absolute atomic E-state index is 13.6. The van der Waals surface area contributed by atoms with Crippen LogP contribution in [0.25, 0.3) is 0 Å². The van der Waals surface area contributed by atoms with Gasteiger partial charge in [0.2, 0.25) is 9.84 Å². The molecule has 8 heteroatoms. The second kappa shape index (κ2) is 8.92. The summed E-state index contributed by atoms with van der Waals surface area (Å²) >= 11 is 5.92. The van der Waals surface area contributed by atoms with Crippen LogP contribution in [0, 0.1) is 6.92 Å². The van der Waals surface area contributed by atoms with Gasteiger partial charge in [-0.25, -0.2) is 8.42 Å². The van der Waals surface area contributed by atoms with E-state index < -0.39 is 27.5 Å². The van der Waals surface area contributed by atoms with E-state index >= 15 is 0 Å². The summed E-state index contributed by atoms with van der Waals surface area (Å²) in [4.78, 5) is 14.1. The zero-order valence-electron chi connectivity index (χ0n) is 18.0. The maximum atomic E-state index is 13.6. The van der Waals surface area contributed by atoms with Crippen molar-refractivity contribution in [2.45, 2.75) is 24.4 Å². The molecule has 3 aromatic rings. The van der Waals surface area contributed by atoms with Gasteiger partial charge in [0, 0.05) is 11.6 Å². The Morgan fingerprint density at radius 3 is 2.15 bits per heavy atom. The first kappa shape index (κ1) is 22.9. The lowest BCUT2D eigenvalue weighted by atomic mass is 10.1. The number of carbonyl (C=O) groups is 1. The largest absolute Gasteiger partial charge is 0.502 e. The summed E-state index contributed by atoms with van der Waals surface area (Å²) in [6.45, 7) is 2.08. The molecule has 6 nitrogen and oxygen atoms in total. The molecule has 0 bridgehead atoms. The molecule has 0 aromatic heterocycles. The lowest BCUT2D eigenvalue weighted by Crippen LogP contribution is -2.30. The van der Waals surface area contributed by atoms with Gasteiger partial charge in [0.15, 0.2) is 5.76 Å². The van der Waals surface area contributed by atoms with Crippen molar-refractivity contribution in [3.05, 3.63) is 105 Å². The molecule has 4 rings (SSSR count). The summed E-state index contributed by atoms with van der Waals surface area (Å²) in [5.41, 5.74) is 2.41. The van der Waals surface area contributed by atoms with Gasteiger partial charge < -0.3 is 14.7 Å². The summed E-state index contributed by atoms with van der Waals surface area (Å²) in [5.74, 6) is -0.940. The van der Waals surface area contributed by atoms with Crippen LogP contribution in [0.5, 0.6) is 5.75 Å². The fourth-order valence-electron chi connectivity index (χ4n) is 3.82. The molecule has 0 saturated heterocycles. The van der Waals surface area contributed by atoms with Crippen LogP contribution >= 0.6 is 11.6 Å². The van der Waals surface area contributed by atoms with Gasteiger partial charge in [-0.05, 0) is 54.4 Å². The lowest BCUT2D eigenvalue weighted by Gasteiger charge is -2.27. The van der Waals surface area contributed by atoms with Gasteiger partial charge in [-0.2, -0.15) is 0 Å². The third-order valence-electron chi connectivity index (χ3n) is 5.58. The van der Waals surface area contributed by atoms with Crippen molar-refractivity contribution in [3.8, 4) is 5.75 Å². The number of carbonyl (C=O) groups excluding carboxylic acids is 1. The molecule has 1 N–H and O–H groups in total. The number of benzene rings is 3. The van der Waals surface area contributed by atoms with Gasteiger partial charge in [0.05, 0.1) is 18.0 Å². The maximum Gasteiger partial charge on any atom is 0.290 e. The number of nitrogens with zero attached hydrogens (tertiary/aromatic N) is 1. The smallest absolute Gasteiger partial charge is 0.290 e. The molecule has 0 radical (unpaired) electrons.